The van der Waals surface area contributed by atoms with E-state index in [1.165, 1.54) is 28.6 Å². The molecule has 0 aliphatic carbocycles. The molecule has 0 aromatic heterocycles. The van der Waals surface area contributed by atoms with Crippen LogP contribution in [0, 0.1) is 0 Å². The van der Waals surface area contributed by atoms with E-state index in [-0.39, 0.29) is 28.9 Å². The Balaban J connectivity index is 2.23. The molecular formula is C16H22N2O5S2. The van der Waals surface area contributed by atoms with E-state index < -0.39 is 25.9 Å². The summed E-state index contributed by atoms with van der Waals surface area (Å²) in [6.07, 6.45) is 1.85. The molecule has 0 radical (unpaired) electrons. The molecule has 1 N–H and O–H groups in total. The monoisotopic (exact) mass is 386 g/mol. The van der Waals surface area contributed by atoms with Gasteiger partial charge in [-0.15, -0.1) is 6.58 Å². The fourth-order valence-electron chi connectivity index (χ4n) is 2.81. The number of rotatable bonds is 7. The van der Waals surface area contributed by atoms with Crippen LogP contribution in [-0.2, 0) is 19.9 Å². The number of benzene rings is 1. The van der Waals surface area contributed by atoms with Gasteiger partial charge >= 0.3 is 0 Å². The molecule has 1 saturated heterocycles. The van der Waals surface area contributed by atoms with E-state index in [9.17, 15) is 21.6 Å². The number of hydrogen-bond acceptors (Lipinski definition) is 5. The Morgan fingerprint density at radius 1 is 1.36 bits per heavy atom. The van der Waals surface area contributed by atoms with Crippen LogP contribution in [0.1, 0.15) is 23.7 Å². The van der Waals surface area contributed by atoms with Crippen molar-refractivity contribution in [1.29, 1.82) is 0 Å². The average Bonchev–Trinajstić information content (AvgIpc) is 2.92. The molecule has 2 rings (SSSR count). The van der Waals surface area contributed by atoms with Crippen LogP contribution >= 0.6 is 0 Å². The van der Waals surface area contributed by atoms with Gasteiger partial charge in [0.1, 0.15) is 0 Å². The van der Waals surface area contributed by atoms with Gasteiger partial charge in [0.25, 0.3) is 5.91 Å². The first kappa shape index (κ1) is 19.6. The largest absolute Gasteiger partial charge is 0.349 e. The third-order valence-corrected chi connectivity index (χ3v) is 7.85. The zero-order valence-electron chi connectivity index (χ0n) is 14.0. The van der Waals surface area contributed by atoms with E-state index in [2.05, 4.69) is 11.9 Å². The number of sulfone groups is 1. The minimum atomic E-state index is -3.82. The number of carbonyl (C=O) groups is 1. The number of nitrogens with one attached hydrogen (secondary N) is 1. The number of hydrogen-bond donors (Lipinski definition) is 1. The van der Waals surface area contributed by atoms with Crippen molar-refractivity contribution in [2.24, 2.45) is 0 Å². The van der Waals surface area contributed by atoms with Crippen LogP contribution in [0.4, 0.5) is 0 Å². The summed E-state index contributed by atoms with van der Waals surface area (Å²) in [5, 5.41) is 2.61. The predicted molar refractivity (Wildman–Crippen MR) is 95.6 cm³/mol. The lowest BCUT2D eigenvalue weighted by Crippen LogP contribution is -2.40. The first-order chi connectivity index (χ1) is 11.7. The van der Waals surface area contributed by atoms with E-state index in [0.29, 0.717) is 18.5 Å². The highest BCUT2D eigenvalue weighted by Crippen LogP contribution is 2.25. The van der Waals surface area contributed by atoms with Crippen molar-refractivity contribution in [1.82, 2.24) is 9.62 Å². The van der Waals surface area contributed by atoms with Crippen molar-refractivity contribution in [2.45, 2.75) is 24.3 Å². The molecule has 0 bridgehead atoms. The number of amides is 1. The highest BCUT2D eigenvalue weighted by atomic mass is 32.2. The molecule has 138 valence electrons. The van der Waals surface area contributed by atoms with Crippen LogP contribution in [-0.4, -0.2) is 57.7 Å². The molecule has 1 aromatic carbocycles. The maximum absolute atomic E-state index is 12.8. The van der Waals surface area contributed by atoms with Crippen LogP contribution in [0.5, 0.6) is 0 Å². The first-order valence-electron chi connectivity index (χ1n) is 7.92. The third-order valence-electron chi connectivity index (χ3n) is 4.06. The van der Waals surface area contributed by atoms with Crippen LogP contribution < -0.4 is 5.32 Å². The quantitative estimate of drug-likeness (QED) is 0.699. The Labute approximate surface area is 148 Å². The smallest absolute Gasteiger partial charge is 0.251 e. The van der Waals surface area contributed by atoms with Crippen molar-refractivity contribution in [3.8, 4) is 0 Å². The molecule has 1 aliphatic rings. The molecular weight excluding hydrogens is 364 g/mol. The standard InChI is InChI=1S/C16H22N2O5S2/c1-3-10-17-16(19)13-5-7-15(8-6-13)25(22,23)18(4-2)14-9-11-24(20,21)12-14/h3,5-8,14H,1,4,9-12H2,2H3,(H,17,19). The molecule has 1 aliphatic heterocycles. The van der Waals surface area contributed by atoms with Gasteiger partial charge < -0.3 is 5.32 Å². The predicted octanol–water partition coefficient (Wildman–Crippen LogP) is 0.800. The van der Waals surface area contributed by atoms with Crippen molar-refractivity contribution in [2.75, 3.05) is 24.6 Å². The van der Waals surface area contributed by atoms with Crippen LogP contribution in [0.25, 0.3) is 0 Å². The van der Waals surface area contributed by atoms with Gasteiger partial charge in [-0.2, -0.15) is 4.31 Å². The fourth-order valence-corrected chi connectivity index (χ4v) is 6.30. The van der Waals surface area contributed by atoms with Crippen LogP contribution in [0.3, 0.4) is 0 Å². The molecule has 7 nitrogen and oxygen atoms in total. The summed E-state index contributed by atoms with van der Waals surface area (Å²) in [6, 6.07) is 5.06. The fraction of sp³-hybridized carbons (Fsp3) is 0.438. The number of sulfonamides is 1. The van der Waals surface area contributed by atoms with Crippen molar-refractivity contribution < 1.29 is 21.6 Å². The zero-order valence-corrected chi connectivity index (χ0v) is 15.6. The highest BCUT2D eigenvalue weighted by Gasteiger charge is 2.37. The van der Waals surface area contributed by atoms with Crippen molar-refractivity contribution in [3.63, 3.8) is 0 Å². The summed E-state index contributed by atoms with van der Waals surface area (Å²) >= 11 is 0. The average molecular weight is 386 g/mol. The number of carbonyl (C=O) groups excluding carboxylic acids is 1. The zero-order chi connectivity index (χ0) is 18.7. The molecule has 0 saturated carbocycles. The lowest BCUT2D eigenvalue weighted by molar-refractivity contribution is 0.0958. The SMILES string of the molecule is C=CCNC(=O)c1ccc(S(=O)(=O)N(CC)C2CCS(=O)(=O)C2)cc1. The summed E-state index contributed by atoms with van der Waals surface area (Å²) in [5.41, 5.74) is 0.340. The normalized spacial score (nSPS) is 19.7. The van der Waals surface area contributed by atoms with Gasteiger partial charge in [0, 0.05) is 24.7 Å². The van der Waals surface area contributed by atoms with Gasteiger partial charge in [-0.3, -0.25) is 4.79 Å². The van der Waals surface area contributed by atoms with E-state index in [1.54, 1.807) is 13.0 Å². The Morgan fingerprint density at radius 2 is 2.00 bits per heavy atom. The molecule has 1 fully saturated rings. The lowest BCUT2D eigenvalue weighted by atomic mass is 10.2. The van der Waals surface area contributed by atoms with Gasteiger partial charge in [0.2, 0.25) is 10.0 Å². The lowest BCUT2D eigenvalue weighted by Gasteiger charge is -2.26. The number of nitrogens with zero attached hydrogens (tertiary/aromatic N) is 1. The molecule has 1 amide bonds. The second-order valence-electron chi connectivity index (χ2n) is 5.79. The molecule has 1 atom stereocenters. The minimum absolute atomic E-state index is 0.00605. The Bertz CT molecular complexity index is 845. The van der Waals surface area contributed by atoms with Gasteiger partial charge in [-0.25, -0.2) is 16.8 Å². The first-order valence-corrected chi connectivity index (χ1v) is 11.2. The van der Waals surface area contributed by atoms with E-state index in [4.69, 9.17) is 0 Å². The van der Waals surface area contributed by atoms with E-state index in [1.807, 2.05) is 0 Å². The summed E-state index contributed by atoms with van der Waals surface area (Å²) in [6.45, 7) is 5.69. The Morgan fingerprint density at radius 3 is 2.48 bits per heavy atom. The summed E-state index contributed by atoms with van der Waals surface area (Å²) in [5.74, 6) is -0.466. The topological polar surface area (TPSA) is 101 Å². The molecule has 1 unspecified atom stereocenters. The summed E-state index contributed by atoms with van der Waals surface area (Å²) < 4.78 is 50.2. The van der Waals surface area contributed by atoms with Gasteiger partial charge in [-0.05, 0) is 30.7 Å². The minimum Gasteiger partial charge on any atom is -0.349 e. The molecule has 25 heavy (non-hydrogen) atoms. The summed E-state index contributed by atoms with van der Waals surface area (Å²) in [7, 11) is -7.01. The van der Waals surface area contributed by atoms with E-state index >= 15 is 0 Å². The van der Waals surface area contributed by atoms with Gasteiger partial charge in [-0.1, -0.05) is 13.0 Å². The van der Waals surface area contributed by atoms with Crippen LogP contribution in [0.15, 0.2) is 41.8 Å². The second kappa shape index (κ2) is 7.67. The Kier molecular flexibility index (Phi) is 6.02. The third kappa shape index (κ3) is 4.47. The maximum Gasteiger partial charge on any atom is 0.251 e. The van der Waals surface area contributed by atoms with Crippen molar-refractivity contribution >= 4 is 25.8 Å². The molecule has 1 heterocycles. The second-order valence-corrected chi connectivity index (χ2v) is 9.91. The summed E-state index contributed by atoms with van der Waals surface area (Å²) in [4.78, 5) is 11.9. The van der Waals surface area contributed by atoms with Crippen LogP contribution in [0.2, 0.25) is 0 Å². The molecule has 0 spiro atoms. The van der Waals surface area contributed by atoms with E-state index in [0.717, 1.165) is 0 Å². The Hall–Kier alpha value is -1.71. The van der Waals surface area contributed by atoms with Gasteiger partial charge in [0.15, 0.2) is 9.84 Å². The van der Waals surface area contributed by atoms with Crippen molar-refractivity contribution in [3.05, 3.63) is 42.5 Å². The highest BCUT2D eigenvalue weighted by molar-refractivity contribution is 7.92. The molecule has 1 aromatic rings. The van der Waals surface area contributed by atoms with Gasteiger partial charge in [0.05, 0.1) is 16.4 Å². The molecule has 9 heteroatoms. The maximum atomic E-state index is 12.8.